The van der Waals surface area contributed by atoms with Crippen LogP contribution in [0.15, 0.2) is 95.9 Å². The van der Waals surface area contributed by atoms with Crippen LogP contribution in [0.5, 0.6) is 5.75 Å². The van der Waals surface area contributed by atoms with Crippen molar-refractivity contribution in [3.8, 4) is 5.75 Å². The van der Waals surface area contributed by atoms with Gasteiger partial charge in [-0.05, 0) is 24.3 Å². The van der Waals surface area contributed by atoms with Gasteiger partial charge >= 0.3 is 5.97 Å². The third-order valence-corrected chi connectivity index (χ3v) is 11.7. The Balaban J connectivity index is 0.000000237. The molecule has 0 atom stereocenters. The van der Waals surface area contributed by atoms with Gasteiger partial charge < -0.3 is 4.74 Å². The Labute approximate surface area is 405 Å². The zero-order chi connectivity index (χ0) is 54.6. The van der Waals surface area contributed by atoms with E-state index in [1.807, 2.05) is 54.6 Å². The predicted octanol–water partition coefficient (Wildman–Crippen LogP) is 10.4. The minimum absolute atomic E-state index is 0.0261. The topological polar surface area (TPSA) is 47.2 Å². The molecule has 7 aromatic carbocycles. The molecule has 0 aliphatic rings. The fraction of sp³-hybridized carbons (Fsp3) is 0.0208. The lowest BCUT2D eigenvalue weighted by Crippen LogP contribution is -2.81. The van der Waals surface area contributed by atoms with Crippen LogP contribution in [0.4, 0.5) is 87.8 Å². The van der Waals surface area contributed by atoms with Gasteiger partial charge in [-0.25, -0.2) is 92.6 Å². The lowest BCUT2D eigenvalue weighted by Gasteiger charge is -2.44. The van der Waals surface area contributed by atoms with Crippen LogP contribution in [0.3, 0.4) is 0 Å². The van der Waals surface area contributed by atoms with Crippen LogP contribution in [0.25, 0.3) is 10.9 Å². The standard InChI is InChI=1S/C24BF20.C24H17NO3S/c26-5-1(6(27)14(35)21(42)13(5)34)25(2-7(28)15(36)22(43)16(37)8(2)29,3-9(30)17(38)23(44)18(39)10(3)31)4-11(32)19(40)24(45)20(41)12(4)33;26-21(18-9-2-1-3-10-18)16-25-19-11-5-4-8-17(19)14-15-20(25)24(27)28-22-12-6-7-13-23(22)29/h;1-15H,16H2/q-1;/p+1. The maximum absolute atomic E-state index is 15.4. The minimum atomic E-state index is -7.22. The van der Waals surface area contributed by atoms with Crippen molar-refractivity contribution in [2.24, 2.45) is 0 Å². The number of halogens is 20. The maximum atomic E-state index is 15.4. The fourth-order valence-corrected chi connectivity index (χ4v) is 8.25. The first-order chi connectivity index (χ1) is 34.8. The van der Waals surface area contributed by atoms with Crippen LogP contribution < -0.4 is 31.2 Å². The van der Waals surface area contributed by atoms with Gasteiger partial charge in [0.15, 0.2) is 69.8 Å². The van der Waals surface area contributed by atoms with Gasteiger partial charge in [-0.15, -0.1) is 34.5 Å². The molecule has 382 valence electrons. The van der Waals surface area contributed by atoms with Crippen LogP contribution in [0.1, 0.15) is 20.8 Å². The molecule has 0 saturated carbocycles. The molecule has 8 aromatic rings. The lowest BCUT2D eigenvalue weighted by molar-refractivity contribution is -0.659. The summed E-state index contributed by atoms with van der Waals surface area (Å²) < 4.78 is 301. The lowest BCUT2D eigenvalue weighted by atomic mass is 9.12. The third-order valence-electron chi connectivity index (χ3n) is 11.3. The van der Waals surface area contributed by atoms with E-state index >= 15 is 35.1 Å². The van der Waals surface area contributed by atoms with Crippen LogP contribution in [0, 0.1) is 116 Å². The third kappa shape index (κ3) is 8.72. The molecule has 0 radical (unpaired) electrons. The Hall–Kier alpha value is -7.90. The van der Waals surface area contributed by atoms with Crippen molar-refractivity contribution in [3.05, 3.63) is 219 Å². The molecule has 0 aliphatic heterocycles. The van der Waals surface area contributed by atoms with E-state index in [9.17, 15) is 62.3 Å². The van der Waals surface area contributed by atoms with E-state index < -0.39 is 150 Å². The summed E-state index contributed by atoms with van der Waals surface area (Å²) in [6.45, 7) is 0.0261. The van der Waals surface area contributed by atoms with Crippen molar-refractivity contribution in [2.75, 3.05) is 0 Å². The van der Waals surface area contributed by atoms with Gasteiger partial charge in [-0.3, -0.25) is 4.79 Å². The largest absolute Gasteiger partial charge is 0.417 e. The summed E-state index contributed by atoms with van der Waals surface area (Å²) in [5.74, 6) is -71.7. The molecule has 0 saturated heterocycles. The highest BCUT2D eigenvalue weighted by atomic mass is 32.1. The summed E-state index contributed by atoms with van der Waals surface area (Å²) in [7, 11) is 0. The molecule has 0 aliphatic carbocycles. The summed E-state index contributed by atoms with van der Waals surface area (Å²) in [5.41, 5.74) is -12.7. The maximum Gasteiger partial charge on any atom is 0.409 e. The quantitative estimate of drug-likeness (QED) is 0.0180. The predicted molar refractivity (Wildman–Crippen MR) is 223 cm³/mol. The highest BCUT2D eigenvalue weighted by Gasteiger charge is 2.52. The average molecular weight is 1080 g/mol. The average Bonchev–Trinajstić information content (AvgIpc) is 3.39. The number of hydrogen-bond donors (Lipinski definition) is 1. The molecule has 74 heavy (non-hydrogen) atoms. The summed E-state index contributed by atoms with van der Waals surface area (Å²) >= 11 is 4.33. The van der Waals surface area contributed by atoms with Crippen LogP contribution in [-0.4, -0.2) is 17.9 Å². The number of hydrogen-bond acceptors (Lipinski definition) is 4. The molecule has 1 aromatic heterocycles. The zero-order valence-corrected chi connectivity index (χ0v) is 36.5. The number of esters is 1. The van der Waals surface area contributed by atoms with E-state index in [1.54, 1.807) is 41.0 Å². The number of carbonyl (C=O) groups excluding carboxylic acids is 2. The van der Waals surface area contributed by atoms with Crippen molar-refractivity contribution < 1.29 is 107 Å². The van der Waals surface area contributed by atoms with Gasteiger partial charge in [-0.1, -0.05) is 54.6 Å². The number of aromatic nitrogens is 1. The number of carbonyl (C=O) groups is 2. The van der Waals surface area contributed by atoms with Gasteiger partial charge in [-0.2, -0.15) is 4.57 Å². The monoisotopic (exact) mass is 1080 g/mol. The van der Waals surface area contributed by atoms with E-state index in [1.165, 1.54) is 0 Å². The number of rotatable bonds is 9. The van der Waals surface area contributed by atoms with E-state index in [0.717, 1.165) is 10.9 Å². The number of ketones is 1. The number of nitrogens with zero attached hydrogens (tertiary/aromatic N) is 1. The second-order valence-electron chi connectivity index (χ2n) is 15.3. The first-order valence-corrected chi connectivity index (χ1v) is 20.5. The van der Waals surface area contributed by atoms with Crippen molar-refractivity contribution in [1.29, 1.82) is 0 Å². The highest BCUT2D eigenvalue weighted by molar-refractivity contribution is 7.80. The molecule has 8 rings (SSSR count). The van der Waals surface area contributed by atoms with E-state index in [-0.39, 0.29) is 12.3 Å². The second kappa shape index (κ2) is 20.5. The van der Waals surface area contributed by atoms with Gasteiger partial charge in [0.25, 0.3) is 5.69 Å². The molecule has 0 N–H and O–H groups in total. The smallest absolute Gasteiger partial charge is 0.409 e. The SMILES string of the molecule is Fc1c(F)c(F)c([B-](c2c(F)c(F)c(F)c(F)c2F)(c2c(F)c(F)c(F)c(F)c2F)c2c(F)c(F)c(F)c(F)c2F)c(F)c1F.O=C(C[n+]1c(C(=O)Oc2ccccc2S)ccc2ccccc21)c1ccccc1. The second-order valence-corrected chi connectivity index (χ2v) is 15.8. The molecule has 0 unspecified atom stereocenters. The first-order valence-electron chi connectivity index (χ1n) is 20.1. The van der Waals surface area contributed by atoms with Crippen molar-refractivity contribution in [2.45, 2.75) is 11.4 Å². The number of para-hydroxylation sites is 2. The summed E-state index contributed by atoms with van der Waals surface area (Å²) in [6, 6.07) is 27.2. The summed E-state index contributed by atoms with van der Waals surface area (Å²) in [6.07, 6.45) is -7.22. The Morgan fingerprint density at radius 2 is 0.716 bits per heavy atom. The molecule has 0 fully saturated rings. The number of Topliss-reactive ketones (excluding diaryl/α,β-unsaturated/α-hetero) is 1. The van der Waals surface area contributed by atoms with Gasteiger partial charge in [0.05, 0.1) is 0 Å². The van der Waals surface area contributed by atoms with Gasteiger partial charge in [0.1, 0.15) is 58.4 Å². The van der Waals surface area contributed by atoms with Crippen LogP contribution in [0.2, 0.25) is 0 Å². The summed E-state index contributed by atoms with van der Waals surface area (Å²) in [5, 5.41) is 0.930. The molecule has 0 bridgehead atoms. The van der Waals surface area contributed by atoms with Crippen LogP contribution >= 0.6 is 12.6 Å². The first kappa shape index (κ1) is 53.9. The van der Waals surface area contributed by atoms with Crippen molar-refractivity contribution in [3.63, 3.8) is 0 Å². The number of thiol groups is 1. The molecular formula is C48H18BF20NO3S. The van der Waals surface area contributed by atoms with Crippen molar-refractivity contribution >= 4 is 63.3 Å². The minimum Gasteiger partial charge on any atom is -0.417 e. The zero-order valence-electron chi connectivity index (χ0n) is 35.6. The Bertz CT molecular complexity index is 3260. The summed E-state index contributed by atoms with van der Waals surface area (Å²) in [4.78, 5) is 26.4. The Kier molecular flexibility index (Phi) is 15.0. The number of benzene rings is 7. The van der Waals surface area contributed by atoms with Crippen LogP contribution in [-0.2, 0) is 6.54 Å². The molecule has 0 amide bonds. The normalized spacial score (nSPS) is 11.5. The Morgan fingerprint density at radius 3 is 1.09 bits per heavy atom. The molecule has 0 spiro atoms. The van der Waals surface area contributed by atoms with Crippen molar-refractivity contribution in [1.82, 2.24) is 0 Å². The van der Waals surface area contributed by atoms with E-state index in [0.29, 0.717) is 21.9 Å². The Morgan fingerprint density at radius 1 is 0.392 bits per heavy atom. The van der Waals surface area contributed by atoms with Gasteiger partial charge in [0.2, 0.25) is 17.8 Å². The molecule has 4 nitrogen and oxygen atoms in total. The highest BCUT2D eigenvalue weighted by Crippen LogP contribution is 2.31. The molecular weight excluding hydrogens is 1060 g/mol. The molecule has 1 heterocycles. The number of ether oxygens (including phenoxy) is 1. The van der Waals surface area contributed by atoms with E-state index in [2.05, 4.69) is 12.6 Å². The fourth-order valence-electron chi connectivity index (χ4n) is 8.04. The van der Waals surface area contributed by atoms with E-state index in [4.69, 9.17) is 4.74 Å². The molecule has 26 heteroatoms. The number of pyridine rings is 1. The van der Waals surface area contributed by atoms with Gasteiger partial charge in [0, 0.05) is 28.0 Å². The number of fused-ring (bicyclic) bond motifs is 1.